The van der Waals surface area contributed by atoms with Gasteiger partial charge in [-0.15, -0.1) is 0 Å². The summed E-state index contributed by atoms with van der Waals surface area (Å²) in [7, 11) is 1.46. The SMILES string of the molecule is COc1cc([C@@H](C)NC[C@H]2CC(c3c(C)ccc(C(=O)O)c3C)c3ccccc3O2)ccc1F. The lowest BCUT2D eigenvalue weighted by Crippen LogP contribution is -2.37. The minimum Gasteiger partial charge on any atom is -0.494 e. The highest BCUT2D eigenvalue weighted by molar-refractivity contribution is 5.90. The molecule has 0 saturated carbocycles. The molecule has 3 aromatic carbocycles. The summed E-state index contributed by atoms with van der Waals surface area (Å²) in [5, 5.41) is 13.2. The fourth-order valence-corrected chi connectivity index (χ4v) is 4.90. The third-order valence-electron chi connectivity index (χ3n) is 6.73. The summed E-state index contributed by atoms with van der Waals surface area (Å²) in [5.74, 6) is -0.236. The summed E-state index contributed by atoms with van der Waals surface area (Å²) in [6.45, 7) is 6.53. The van der Waals surface area contributed by atoms with Gasteiger partial charge in [0.1, 0.15) is 11.9 Å². The van der Waals surface area contributed by atoms with E-state index < -0.39 is 5.97 Å². The van der Waals surface area contributed by atoms with Crippen LogP contribution in [0.15, 0.2) is 54.6 Å². The molecule has 0 spiro atoms. The molecule has 0 aromatic heterocycles. The van der Waals surface area contributed by atoms with Crippen molar-refractivity contribution in [3.63, 3.8) is 0 Å². The van der Waals surface area contributed by atoms with Crippen molar-refractivity contribution in [3.8, 4) is 11.5 Å². The lowest BCUT2D eigenvalue weighted by atomic mass is 9.79. The Labute approximate surface area is 199 Å². The second-order valence-corrected chi connectivity index (χ2v) is 8.86. The Kier molecular flexibility index (Phi) is 6.89. The van der Waals surface area contributed by atoms with E-state index in [1.54, 1.807) is 18.2 Å². The van der Waals surface area contributed by atoms with Gasteiger partial charge in [0.15, 0.2) is 11.6 Å². The number of carboxylic acid groups (broad SMARTS) is 1. The number of nitrogens with one attached hydrogen (secondary N) is 1. The monoisotopic (exact) mass is 463 g/mol. The van der Waals surface area contributed by atoms with Gasteiger partial charge in [-0.05, 0) is 73.7 Å². The Balaban J connectivity index is 1.60. The third-order valence-corrected chi connectivity index (χ3v) is 6.73. The van der Waals surface area contributed by atoms with Gasteiger partial charge in [-0.2, -0.15) is 0 Å². The van der Waals surface area contributed by atoms with Crippen molar-refractivity contribution in [3.05, 3.63) is 93.8 Å². The van der Waals surface area contributed by atoms with Crippen LogP contribution in [-0.4, -0.2) is 30.8 Å². The number of aromatic carboxylic acids is 1. The topological polar surface area (TPSA) is 67.8 Å². The summed E-state index contributed by atoms with van der Waals surface area (Å²) in [6, 6.07) is 16.4. The first kappa shape index (κ1) is 23.8. The van der Waals surface area contributed by atoms with E-state index in [0.29, 0.717) is 18.5 Å². The van der Waals surface area contributed by atoms with Crippen LogP contribution in [-0.2, 0) is 0 Å². The highest BCUT2D eigenvalue weighted by Gasteiger charge is 2.32. The van der Waals surface area contributed by atoms with Crippen LogP contribution in [0, 0.1) is 19.7 Å². The molecular formula is C28H30FNO4. The molecule has 0 saturated heterocycles. The smallest absolute Gasteiger partial charge is 0.335 e. The number of halogens is 1. The summed E-state index contributed by atoms with van der Waals surface area (Å²) in [6.07, 6.45) is 0.603. The number of rotatable bonds is 7. The predicted octanol–water partition coefficient (Wildman–Crippen LogP) is 5.78. The fourth-order valence-electron chi connectivity index (χ4n) is 4.90. The van der Waals surface area contributed by atoms with E-state index in [-0.39, 0.29) is 29.6 Å². The first-order chi connectivity index (χ1) is 16.3. The molecule has 0 bridgehead atoms. The zero-order valence-electron chi connectivity index (χ0n) is 19.9. The number of fused-ring (bicyclic) bond motifs is 1. The molecule has 34 heavy (non-hydrogen) atoms. The molecule has 3 aromatic rings. The quantitative estimate of drug-likeness (QED) is 0.465. The molecule has 3 atom stereocenters. The Morgan fingerprint density at radius 2 is 1.97 bits per heavy atom. The number of carbonyl (C=O) groups is 1. The average molecular weight is 464 g/mol. The molecule has 0 fully saturated rings. The normalized spacial score (nSPS) is 18.0. The maximum atomic E-state index is 13.8. The Morgan fingerprint density at radius 3 is 2.71 bits per heavy atom. The number of aryl methyl sites for hydroxylation is 1. The van der Waals surface area contributed by atoms with Gasteiger partial charge in [-0.25, -0.2) is 9.18 Å². The Hall–Kier alpha value is -3.38. The lowest BCUT2D eigenvalue weighted by molar-refractivity contribution is 0.0696. The first-order valence-electron chi connectivity index (χ1n) is 11.5. The lowest BCUT2D eigenvalue weighted by Gasteiger charge is -2.35. The van der Waals surface area contributed by atoms with E-state index in [2.05, 4.69) is 11.4 Å². The van der Waals surface area contributed by atoms with Crippen molar-refractivity contribution in [2.75, 3.05) is 13.7 Å². The number of methoxy groups -OCH3 is 1. The van der Waals surface area contributed by atoms with Gasteiger partial charge in [0, 0.05) is 24.1 Å². The van der Waals surface area contributed by atoms with Crippen LogP contribution in [0.1, 0.15) is 63.5 Å². The molecule has 0 amide bonds. The van der Waals surface area contributed by atoms with Gasteiger partial charge in [0.2, 0.25) is 0 Å². The van der Waals surface area contributed by atoms with Gasteiger partial charge in [-0.3, -0.25) is 0 Å². The van der Waals surface area contributed by atoms with Crippen molar-refractivity contribution in [2.24, 2.45) is 0 Å². The molecular weight excluding hydrogens is 433 g/mol. The average Bonchev–Trinajstić information content (AvgIpc) is 2.82. The highest BCUT2D eigenvalue weighted by Crippen LogP contribution is 2.43. The molecule has 4 rings (SSSR count). The van der Waals surface area contributed by atoms with E-state index in [9.17, 15) is 14.3 Å². The molecule has 0 radical (unpaired) electrons. The van der Waals surface area contributed by atoms with Gasteiger partial charge < -0.3 is 19.9 Å². The van der Waals surface area contributed by atoms with Crippen LogP contribution in [0.3, 0.4) is 0 Å². The maximum absolute atomic E-state index is 13.8. The van der Waals surface area contributed by atoms with Crippen molar-refractivity contribution in [1.82, 2.24) is 5.32 Å². The van der Waals surface area contributed by atoms with E-state index in [1.165, 1.54) is 13.2 Å². The molecule has 5 nitrogen and oxygen atoms in total. The van der Waals surface area contributed by atoms with Gasteiger partial charge in [0.05, 0.1) is 12.7 Å². The number of benzene rings is 3. The Bertz CT molecular complexity index is 1210. The van der Waals surface area contributed by atoms with Gasteiger partial charge >= 0.3 is 5.97 Å². The Morgan fingerprint density at radius 1 is 1.21 bits per heavy atom. The molecule has 1 heterocycles. The molecule has 178 valence electrons. The molecule has 1 aliphatic rings. The number of hydrogen-bond donors (Lipinski definition) is 2. The van der Waals surface area contributed by atoms with Crippen LogP contribution in [0.25, 0.3) is 0 Å². The molecule has 6 heteroatoms. The molecule has 1 aliphatic heterocycles. The minimum atomic E-state index is -0.916. The van der Waals surface area contributed by atoms with Crippen LogP contribution in [0.2, 0.25) is 0 Å². The van der Waals surface area contributed by atoms with E-state index in [4.69, 9.17) is 9.47 Å². The van der Waals surface area contributed by atoms with E-state index in [1.807, 2.05) is 45.0 Å². The van der Waals surface area contributed by atoms with Gasteiger partial charge in [0.25, 0.3) is 0 Å². The summed E-state index contributed by atoms with van der Waals surface area (Å²) >= 11 is 0. The maximum Gasteiger partial charge on any atom is 0.335 e. The van der Waals surface area contributed by atoms with Crippen LogP contribution >= 0.6 is 0 Å². The number of hydrogen-bond acceptors (Lipinski definition) is 4. The van der Waals surface area contributed by atoms with E-state index in [0.717, 1.165) is 33.6 Å². The second kappa shape index (κ2) is 9.85. The zero-order valence-corrected chi connectivity index (χ0v) is 19.9. The number of carboxylic acids is 1. The first-order valence-corrected chi connectivity index (χ1v) is 11.5. The third kappa shape index (κ3) is 4.64. The van der Waals surface area contributed by atoms with E-state index >= 15 is 0 Å². The number of para-hydroxylation sites is 1. The summed E-state index contributed by atoms with van der Waals surface area (Å²) < 4.78 is 25.2. The van der Waals surface area contributed by atoms with Crippen LogP contribution in [0.4, 0.5) is 4.39 Å². The van der Waals surface area contributed by atoms with Crippen molar-refractivity contribution in [1.29, 1.82) is 0 Å². The zero-order chi connectivity index (χ0) is 24.4. The van der Waals surface area contributed by atoms with Crippen molar-refractivity contribution < 1.29 is 23.8 Å². The van der Waals surface area contributed by atoms with Crippen molar-refractivity contribution >= 4 is 5.97 Å². The second-order valence-electron chi connectivity index (χ2n) is 8.86. The summed E-state index contributed by atoms with van der Waals surface area (Å²) in [5.41, 5.74) is 5.25. The summed E-state index contributed by atoms with van der Waals surface area (Å²) in [4.78, 5) is 11.8. The number of ether oxygens (including phenoxy) is 2. The fraction of sp³-hybridized carbons (Fsp3) is 0.321. The molecule has 1 unspecified atom stereocenters. The van der Waals surface area contributed by atoms with Gasteiger partial charge in [-0.1, -0.05) is 30.3 Å². The standard InChI is InChI=1S/C28H30FNO4/c1-16-9-11-21(28(31)32)17(2)27(16)23-14-20(34-25-8-6-5-7-22(23)25)15-30-18(3)19-10-12-24(29)26(13-19)33-4/h5-13,18,20,23,30H,14-15H2,1-4H3,(H,31,32)/t18-,20-,23?/m1/s1. The molecule has 2 N–H and O–H groups in total. The predicted molar refractivity (Wildman–Crippen MR) is 130 cm³/mol. The van der Waals surface area contributed by atoms with Crippen LogP contribution in [0.5, 0.6) is 11.5 Å². The van der Waals surface area contributed by atoms with Crippen molar-refractivity contribution in [2.45, 2.75) is 45.3 Å². The highest BCUT2D eigenvalue weighted by atomic mass is 19.1. The largest absolute Gasteiger partial charge is 0.494 e. The molecule has 0 aliphatic carbocycles. The minimum absolute atomic E-state index is 0.0253. The van der Waals surface area contributed by atoms with Crippen LogP contribution < -0.4 is 14.8 Å².